The molecule has 3 nitrogen and oxygen atoms in total. The van der Waals surface area contributed by atoms with Gasteiger partial charge in [0.15, 0.2) is 11.5 Å². The highest BCUT2D eigenvalue weighted by molar-refractivity contribution is 5.47. The molecule has 1 N–H and O–H groups in total. The maximum atomic E-state index is 9.74. The largest absolute Gasteiger partial charge is 0.504 e. The lowest BCUT2D eigenvalue weighted by molar-refractivity contribution is 0.339. The van der Waals surface area contributed by atoms with Crippen LogP contribution in [0.1, 0.15) is 12.5 Å². The van der Waals surface area contributed by atoms with E-state index in [4.69, 9.17) is 9.47 Å². The molecule has 2 aromatic rings. The lowest BCUT2D eigenvalue weighted by atomic mass is 10.2. The van der Waals surface area contributed by atoms with Crippen LogP contribution < -0.4 is 9.47 Å². The maximum Gasteiger partial charge on any atom is 0.171 e. The molecule has 18 heavy (non-hydrogen) atoms. The molecule has 0 aliphatic rings. The Kier molecular flexibility index (Phi) is 3.72. The summed E-state index contributed by atoms with van der Waals surface area (Å²) in [6.07, 6.45) is 0. The number of aryl methyl sites for hydroxylation is 1. The van der Waals surface area contributed by atoms with Crippen LogP contribution in [0.2, 0.25) is 0 Å². The Morgan fingerprint density at radius 1 is 1.00 bits per heavy atom. The van der Waals surface area contributed by atoms with Crippen molar-refractivity contribution in [1.29, 1.82) is 0 Å². The highest BCUT2D eigenvalue weighted by Gasteiger charge is 2.06. The molecule has 0 aromatic heterocycles. The van der Waals surface area contributed by atoms with Crippen LogP contribution in [0, 0.1) is 6.92 Å². The summed E-state index contributed by atoms with van der Waals surface area (Å²) >= 11 is 0. The van der Waals surface area contributed by atoms with Crippen molar-refractivity contribution < 1.29 is 14.6 Å². The summed E-state index contributed by atoms with van der Waals surface area (Å²) in [7, 11) is 0. The summed E-state index contributed by atoms with van der Waals surface area (Å²) < 4.78 is 11.0. The van der Waals surface area contributed by atoms with Crippen LogP contribution in [0.3, 0.4) is 0 Å². The van der Waals surface area contributed by atoms with E-state index in [1.165, 1.54) is 0 Å². The fraction of sp³-hybridized carbons (Fsp3) is 0.200. The highest BCUT2D eigenvalue weighted by Crippen LogP contribution is 2.34. The van der Waals surface area contributed by atoms with Gasteiger partial charge in [0, 0.05) is 0 Å². The van der Waals surface area contributed by atoms with Crippen LogP contribution in [-0.4, -0.2) is 11.7 Å². The summed E-state index contributed by atoms with van der Waals surface area (Å²) in [5.74, 6) is 2.10. The van der Waals surface area contributed by atoms with E-state index in [1.54, 1.807) is 12.1 Å². The van der Waals surface area contributed by atoms with Gasteiger partial charge in [0.05, 0.1) is 6.61 Å². The summed E-state index contributed by atoms with van der Waals surface area (Å²) in [6.45, 7) is 4.47. The van der Waals surface area contributed by atoms with Crippen molar-refractivity contribution in [2.75, 3.05) is 6.61 Å². The van der Waals surface area contributed by atoms with Gasteiger partial charge in [-0.2, -0.15) is 0 Å². The first-order chi connectivity index (χ1) is 8.70. The van der Waals surface area contributed by atoms with Crippen LogP contribution in [0.15, 0.2) is 42.5 Å². The molecule has 0 atom stereocenters. The molecule has 0 heterocycles. The molecule has 2 aromatic carbocycles. The average Bonchev–Trinajstić information content (AvgIpc) is 2.36. The minimum Gasteiger partial charge on any atom is -0.504 e. The molecule has 0 fully saturated rings. The fourth-order valence-corrected chi connectivity index (χ4v) is 1.66. The Labute approximate surface area is 107 Å². The van der Waals surface area contributed by atoms with Gasteiger partial charge in [-0.1, -0.05) is 12.1 Å². The van der Waals surface area contributed by atoms with Crippen LogP contribution in [0.5, 0.6) is 23.0 Å². The SMILES string of the molecule is CCOc1ccc(Oc2c(C)cccc2O)cc1. The highest BCUT2D eigenvalue weighted by atomic mass is 16.5. The number of benzene rings is 2. The Morgan fingerprint density at radius 3 is 2.28 bits per heavy atom. The Hall–Kier alpha value is -2.16. The van der Waals surface area contributed by atoms with E-state index in [0.29, 0.717) is 18.1 Å². The van der Waals surface area contributed by atoms with Crippen molar-refractivity contribution in [2.45, 2.75) is 13.8 Å². The van der Waals surface area contributed by atoms with E-state index in [0.717, 1.165) is 11.3 Å². The van der Waals surface area contributed by atoms with Gasteiger partial charge in [-0.25, -0.2) is 0 Å². The summed E-state index contributed by atoms with van der Waals surface area (Å²) in [5, 5.41) is 9.74. The summed E-state index contributed by atoms with van der Waals surface area (Å²) in [6, 6.07) is 12.6. The van der Waals surface area contributed by atoms with E-state index >= 15 is 0 Å². The minimum atomic E-state index is 0.142. The van der Waals surface area contributed by atoms with Gasteiger partial charge in [0.25, 0.3) is 0 Å². The summed E-state index contributed by atoms with van der Waals surface area (Å²) in [5.41, 5.74) is 0.892. The lowest BCUT2D eigenvalue weighted by Crippen LogP contribution is -1.91. The molecule has 0 amide bonds. The molecule has 2 rings (SSSR count). The molecule has 0 aliphatic carbocycles. The van der Waals surface area contributed by atoms with Crippen molar-refractivity contribution in [3.63, 3.8) is 0 Å². The van der Waals surface area contributed by atoms with Gasteiger partial charge in [0.2, 0.25) is 0 Å². The van der Waals surface area contributed by atoms with Crippen molar-refractivity contribution in [3.8, 4) is 23.0 Å². The van der Waals surface area contributed by atoms with E-state index < -0.39 is 0 Å². The number of aromatic hydroxyl groups is 1. The molecule has 0 unspecified atom stereocenters. The van der Waals surface area contributed by atoms with E-state index in [9.17, 15) is 5.11 Å². The van der Waals surface area contributed by atoms with E-state index in [1.807, 2.05) is 44.2 Å². The van der Waals surface area contributed by atoms with Crippen LogP contribution in [0.25, 0.3) is 0 Å². The molecule has 0 saturated carbocycles. The standard InChI is InChI=1S/C15H16O3/c1-3-17-12-7-9-13(10-8-12)18-15-11(2)5-4-6-14(15)16/h4-10,16H,3H2,1-2H3. The molecule has 0 aliphatic heterocycles. The van der Waals surface area contributed by atoms with Crippen molar-refractivity contribution >= 4 is 0 Å². The quantitative estimate of drug-likeness (QED) is 0.886. The van der Waals surface area contributed by atoms with Gasteiger partial charge in [-0.3, -0.25) is 0 Å². The van der Waals surface area contributed by atoms with Gasteiger partial charge in [-0.15, -0.1) is 0 Å². The third kappa shape index (κ3) is 2.74. The second kappa shape index (κ2) is 5.45. The molecule has 0 saturated heterocycles. The zero-order valence-electron chi connectivity index (χ0n) is 10.5. The smallest absolute Gasteiger partial charge is 0.171 e. The molecule has 94 valence electrons. The zero-order chi connectivity index (χ0) is 13.0. The Balaban J connectivity index is 2.18. The number of hydrogen-bond donors (Lipinski definition) is 1. The molecule has 0 radical (unpaired) electrons. The fourth-order valence-electron chi connectivity index (χ4n) is 1.66. The third-order valence-electron chi connectivity index (χ3n) is 2.55. The number of para-hydroxylation sites is 1. The second-order valence-electron chi connectivity index (χ2n) is 3.93. The average molecular weight is 244 g/mol. The first-order valence-electron chi connectivity index (χ1n) is 5.90. The van der Waals surface area contributed by atoms with Gasteiger partial charge >= 0.3 is 0 Å². The van der Waals surface area contributed by atoms with Crippen LogP contribution in [0.4, 0.5) is 0 Å². The Bertz CT molecular complexity index is 498. The minimum absolute atomic E-state index is 0.142. The second-order valence-corrected chi connectivity index (χ2v) is 3.93. The van der Waals surface area contributed by atoms with Crippen molar-refractivity contribution in [2.24, 2.45) is 0 Å². The van der Waals surface area contributed by atoms with Crippen LogP contribution >= 0.6 is 0 Å². The first-order valence-corrected chi connectivity index (χ1v) is 5.90. The van der Waals surface area contributed by atoms with Gasteiger partial charge in [0.1, 0.15) is 11.5 Å². The topological polar surface area (TPSA) is 38.7 Å². The zero-order valence-corrected chi connectivity index (χ0v) is 10.5. The first kappa shape index (κ1) is 12.3. The third-order valence-corrected chi connectivity index (χ3v) is 2.55. The van der Waals surface area contributed by atoms with Gasteiger partial charge in [-0.05, 0) is 49.7 Å². The molecular formula is C15H16O3. The predicted octanol–water partition coefficient (Wildman–Crippen LogP) is 3.89. The summed E-state index contributed by atoms with van der Waals surface area (Å²) in [4.78, 5) is 0. The monoisotopic (exact) mass is 244 g/mol. The number of rotatable bonds is 4. The number of phenols is 1. The van der Waals surface area contributed by atoms with Crippen molar-refractivity contribution in [1.82, 2.24) is 0 Å². The number of hydrogen-bond acceptors (Lipinski definition) is 3. The van der Waals surface area contributed by atoms with Crippen molar-refractivity contribution in [3.05, 3.63) is 48.0 Å². The maximum absolute atomic E-state index is 9.74. The predicted molar refractivity (Wildman–Crippen MR) is 70.5 cm³/mol. The molecular weight excluding hydrogens is 228 g/mol. The Morgan fingerprint density at radius 2 is 1.67 bits per heavy atom. The van der Waals surface area contributed by atoms with E-state index in [2.05, 4.69) is 0 Å². The molecule has 0 spiro atoms. The number of phenolic OH excluding ortho intramolecular Hbond substituents is 1. The normalized spacial score (nSPS) is 10.1. The van der Waals surface area contributed by atoms with E-state index in [-0.39, 0.29) is 5.75 Å². The van der Waals surface area contributed by atoms with Crippen LogP contribution in [-0.2, 0) is 0 Å². The lowest BCUT2D eigenvalue weighted by Gasteiger charge is -2.10. The van der Waals surface area contributed by atoms with Gasteiger partial charge < -0.3 is 14.6 Å². The molecule has 0 bridgehead atoms. The number of ether oxygens (including phenoxy) is 2. The molecule has 3 heteroatoms.